The van der Waals surface area contributed by atoms with Crippen molar-refractivity contribution in [2.24, 2.45) is 0 Å². The second kappa shape index (κ2) is 10.8. The van der Waals surface area contributed by atoms with Crippen LogP contribution in [0.4, 0.5) is 10.5 Å². The maximum Gasteiger partial charge on any atom is 0.412 e. The van der Waals surface area contributed by atoms with Crippen LogP contribution >= 0.6 is 34.7 Å². The molecule has 1 atom stereocenters. The molecular formula is C29H24Cl2N2O4S. The average molecular weight is 567 g/mol. The molecule has 0 aliphatic heterocycles. The number of halogens is 2. The number of hydrogen-bond acceptors (Lipinski definition) is 6. The van der Waals surface area contributed by atoms with Gasteiger partial charge in [0.1, 0.15) is 11.8 Å². The maximum atomic E-state index is 12.7. The first-order chi connectivity index (χ1) is 18.3. The Morgan fingerprint density at radius 3 is 2.16 bits per heavy atom. The van der Waals surface area contributed by atoms with Crippen molar-refractivity contribution in [2.75, 3.05) is 12.4 Å². The normalized spacial score (nSPS) is 14.4. The Hall–Kier alpha value is -3.39. The molecule has 1 amide bonds. The molecule has 1 aliphatic carbocycles. The molecule has 1 fully saturated rings. The van der Waals surface area contributed by atoms with Crippen LogP contribution in [0, 0.1) is 0 Å². The van der Waals surface area contributed by atoms with Gasteiger partial charge in [-0.2, -0.15) is 4.37 Å². The number of nitrogens with one attached hydrogen (secondary N) is 1. The zero-order chi connectivity index (χ0) is 26.9. The van der Waals surface area contributed by atoms with Crippen LogP contribution in [0.25, 0.3) is 21.6 Å². The van der Waals surface area contributed by atoms with Crippen LogP contribution in [0.2, 0.25) is 10.2 Å². The van der Waals surface area contributed by atoms with E-state index in [-0.39, 0.29) is 11.1 Å². The number of benzene rings is 3. The molecule has 5 rings (SSSR count). The van der Waals surface area contributed by atoms with Gasteiger partial charge in [0.25, 0.3) is 0 Å². The van der Waals surface area contributed by atoms with Crippen LogP contribution in [0.3, 0.4) is 0 Å². The van der Waals surface area contributed by atoms with Crippen LogP contribution in [-0.2, 0) is 19.7 Å². The van der Waals surface area contributed by atoms with Crippen molar-refractivity contribution in [3.05, 3.63) is 94.1 Å². The first kappa shape index (κ1) is 26.2. The summed E-state index contributed by atoms with van der Waals surface area (Å²) in [4.78, 5) is 25.5. The van der Waals surface area contributed by atoms with Gasteiger partial charge in [-0.1, -0.05) is 89.9 Å². The van der Waals surface area contributed by atoms with E-state index in [4.69, 9.17) is 32.7 Å². The van der Waals surface area contributed by atoms with Gasteiger partial charge in [0, 0.05) is 10.6 Å². The highest BCUT2D eigenvalue weighted by Crippen LogP contribution is 2.49. The van der Waals surface area contributed by atoms with Crippen molar-refractivity contribution >= 4 is 52.5 Å². The van der Waals surface area contributed by atoms with Gasteiger partial charge >= 0.3 is 12.1 Å². The predicted molar refractivity (Wildman–Crippen MR) is 151 cm³/mol. The first-order valence-electron chi connectivity index (χ1n) is 12.0. The molecule has 38 heavy (non-hydrogen) atoms. The average Bonchev–Trinajstić information content (AvgIpc) is 3.67. The number of esters is 1. The fourth-order valence-electron chi connectivity index (χ4n) is 4.46. The molecule has 1 heterocycles. The molecule has 1 aromatic heterocycles. The Kier molecular flexibility index (Phi) is 7.43. The zero-order valence-electron chi connectivity index (χ0n) is 20.7. The van der Waals surface area contributed by atoms with E-state index < -0.39 is 17.6 Å². The van der Waals surface area contributed by atoms with Crippen molar-refractivity contribution < 1.29 is 19.1 Å². The van der Waals surface area contributed by atoms with Crippen molar-refractivity contribution in [1.82, 2.24) is 4.37 Å². The Morgan fingerprint density at radius 1 is 0.947 bits per heavy atom. The molecule has 0 spiro atoms. The summed E-state index contributed by atoms with van der Waals surface area (Å²) in [6, 6.07) is 23.1. The topological polar surface area (TPSA) is 77.5 Å². The van der Waals surface area contributed by atoms with Crippen molar-refractivity contribution in [2.45, 2.75) is 31.3 Å². The van der Waals surface area contributed by atoms with Gasteiger partial charge in [-0.3, -0.25) is 10.1 Å². The fourth-order valence-corrected chi connectivity index (χ4v) is 5.80. The van der Waals surface area contributed by atoms with Crippen LogP contribution in [-0.4, -0.2) is 23.5 Å². The second-order valence-corrected chi connectivity index (χ2v) is 10.6. The summed E-state index contributed by atoms with van der Waals surface area (Å²) < 4.78 is 14.7. The quantitative estimate of drug-likeness (QED) is 0.227. The molecule has 194 valence electrons. The number of amides is 1. The molecule has 3 aromatic carbocycles. The minimum atomic E-state index is -0.655. The van der Waals surface area contributed by atoms with E-state index in [0.29, 0.717) is 21.2 Å². The van der Waals surface area contributed by atoms with Gasteiger partial charge in [-0.05, 0) is 59.6 Å². The molecule has 6 nitrogen and oxygen atoms in total. The molecular weight excluding hydrogens is 543 g/mol. The fraction of sp³-hybridized carbons (Fsp3) is 0.207. The van der Waals surface area contributed by atoms with Crippen LogP contribution in [0.15, 0.2) is 72.8 Å². The Labute approximate surface area is 234 Å². The number of aromatic nitrogens is 1. The predicted octanol–water partition coefficient (Wildman–Crippen LogP) is 8.30. The SMILES string of the molecule is COC(=O)C1(c2ccc(-c3ccc(-c4snc(Cl)c4NC(=O)OC(C)c4ccccc4Cl)cc3)cc2)CC1. The van der Waals surface area contributed by atoms with Gasteiger partial charge in [-0.15, -0.1) is 0 Å². The standard InChI is InChI=1S/C29H24Cl2N2O4S/c1-17(22-5-3-4-6-23(22)30)37-28(35)32-24-25(38-33-26(24)31)20-9-7-18(8-10-20)19-11-13-21(14-12-19)29(15-16-29)27(34)36-2/h3-14,17H,15-16H2,1-2H3,(H,32,35). The summed E-state index contributed by atoms with van der Waals surface area (Å²) in [6.45, 7) is 1.75. The summed E-state index contributed by atoms with van der Waals surface area (Å²) in [5.74, 6) is -0.176. The van der Waals surface area contributed by atoms with Gasteiger partial charge in [-0.25, -0.2) is 4.79 Å². The lowest BCUT2D eigenvalue weighted by Gasteiger charge is -2.15. The van der Waals surface area contributed by atoms with Crippen LogP contribution in [0.5, 0.6) is 0 Å². The van der Waals surface area contributed by atoms with E-state index in [1.165, 1.54) is 18.6 Å². The van der Waals surface area contributed by atoms with Crippen molar-refractivity contribution in [3.63, 3.8) is 0 Å². The number of hydrogen-bond donors (Lipinski definition) is 1. The molecule has 1 N–H and O–H groups in total. The van der Waals surface area contributed by atoms with Gasteiger partial charge < -0.3 is 9.47 Å². The molecule has 1 unspecified atom stereocenters. The Bertz CT molecular complexity index is 1480. The van der Waals surface area contributed by atoms with Crippen molar-refractivity contribution in [3.8, 4) is 21.6 Å². The minimum Gasteiger partial charge on any atom is -0.468 e. The summed E-state index contributed by atoms with van der Waals surface area (Å²) in [5.41, 5.74) is 4.49. The number of rotatable bonds is 7. The summed E-state index contributed by atoms with van der Waals surface area (Å²) in [6.07, 6.45) is 0.422. The largest absolute Gasteiger partial charge is 0.468 e. The number of methoxy groups -OCH3 is 1. The summed E-state index contributed by atoms with van der Waals surface area (Å²) >= 11 is 13.7. The molecule has 0 saturated heterocycles. The van der Waals surface area contributed by atoms with Gasteiger partial charge in [0.15, 0.2) is 5.15 Å². The molecule has 1 saturated carbocycles. The molecule has 4 aromatic rings. The smallest absolute Gasteiger partial charge is 0.412 e. The zero-order valence-corrected chi connectivity index (χ0v) is 23.0. The second-order valence-electron chi connectivity index (χ2n) is 9.10. The van der Waals surface area contributed by atoms with E-state index in [2.05, 4.69) is 9.69 Å². The molecule has 9 heteroatoms. The number of ether oxygens (including phenoxy) is 2. The van der Waals surface area contributed by atoms with Crippen LogP contribution in [0.1, 0.15) is 37.0 Å². The van der Waals surface area contributed by atoms with E-state index in [1.54, 1.807) is 13.0 Å². The number of nitrogens with zero attached hydrogens (tertiary/aromatic N) is 1. The summed E-state index contributed by atoms with van der Waals surface area (Å²) in [7, 11) is 1.43. The lowest BCUT2D eigenvalue weighted by Crippen LogP contribution is -2.21. The lowest BCUT2D eigenvalue weighted by molar-refractivity contribution is -0.143. The van der Waals surface area contributed by atoms with E-state index in [0.717, 1.165) is 35.1 Å². The molecule has 0 radical (unpaired) electrons. The third-order valence-corrected chi connectivity index (χ3v) is 8.36. The number of carbonyl (C=O) groups excluding carboxylic acids is 2. The first-order valence-corrected chi connectivity index (χ1v) is 13.5. The van der Waals surface area contributed by atoms with E-state index in [9.17, 15) is 9.59 Å². The monoisotopic (exact) mass is 566 g/mol. The molecule has 1 aliphatic rings. The maximum absolute atomic E-state index is 12.7. The Morgan fingerprint density at radius 2 is 1.55 bits per heavy atom. The highest BCUT2D eigenvalue weighted by Gasteiger charge is 2.52. The van der Waals surface area contributed by atoms with E-state index >= 15 is 0 Å². The minimum absolute atomic E-state index is 0.176. The van der Waals surface area contributed by atoms with Gasteiger partial charge in [0.05, 0.1) is 17.4 Å². The van der Waals surface area contributed by atoms with Crippen LogP contribution < -0.4 is 5.32 Å². The number of carbonyl (C=O) groups is 2. The summed E-state index contributed by atoms with van der Waals surface area (Å²) in [5, 5.41) is 3.45. The van der Waals surface area contributed by atoms with Gasteiger partial charge in [0.2, 0.25) is 0 Å². The Balaban J connectivity index is 1.30. The molecule has 0 bridgehead atoms. The third kappa shape index (κ3) is 5.14. The van der Waals surface area contributed by atoms with E-state index in [1.807, 2.05) is 66.7 Å². The third-order valence-electron chi connectivity index (χ3n) is 6.75. The van der Waals surface area contributed by atoms with Crippen molar-refractivity contribution in [1.29, 1.82) is 0 Å². The number of anilines is 1. The highest BCUT2D eigenvalue weighted by molar-refractivity contribution is 7.10. The highest BCUT2D eigenvalue weighted by atomic mass is 35.5. The lowest BCUT2D eigenvalue weighted by atomic mass is 9.93.